The van der Waals surface area contributed by atoms with E-state index in [1.165, 1.54) is 24.3 Å². The van der Waals surface area contributed by atoms with Gasteiger partial charge in [0.1, 0.15) is 5.75 Å². The van der Waals surface area contributed by atoms with Gasteiger partial charge in [-0.2, -0.15) is 39.5 Å². The van der Waals surface area contributed by atoms with E-state index in [0.29, 0.717) is 6.42 Å². The van der Waals surface area contributed by atoms with E-state index in [2.05, 4.69) is 0 Å². The van der Waals surface area contributed by atoms with Gasteiger partial charge in [0.05, 0.1) is 12.7 Å². The van der Waals surface area contributed by atoms with E-state index >= 15 is 0 Å². The molecule has 162 valence electrons. The largest absolute Gasteiger partial charge is 0.493 e. The fourth-order valence-electron chi connectivity index (χ4n) is 2.29. The van der Waals surface area contributed by atoms with Crippen molar-refractivity contribution < 1.29 is 49.0 Å². The Bertz CT molecular complexity index is 629. The number of benzene rings is 1. The second-order valence-corrected chi connectivity index (χ2v) is 6.02. The van der Waals surface area contributed by atoms with E-state index in [1.54, 1.807) is 0 Å². The molecular weight excluding hydrogens is 407 g/mol. The fourth-order valence-corrected chi connectivity index (χ4v) is 2.29. The summed E-state index contributed by atoms with van der Waals surface area (Å²) in [5.41, 5.74) is -0.174. The van der Waals surface area contributed by atoms with Gasteiger partial charge in [0.15, 0.2) is 0 Å². The molecule has 1 rings (SSSR count). The van der Waals surface area contributed by atoms with Gasteiger partial charge in [0.25, 0.3) is 0 Å². The van der Waals surface area contributed by atoms with Crippen LogP contribution in [0.25, 0.3) is 0 Å². The number of alkyl halides is 9. The Labute approximate surface area is 155 Å². The first-order valence-corrected chi connectivity index (χ1v) is 8.17. The van der Waals surface area contributed by atoms with Gasteiger partial charge in [-0.1, -0.05) is 31.5 Å². The molecule has 0 aromatic heterocycles. The van der Waals surface area contributed by atoms with Gasteiger partial charge in [-0.15, -0.1) is 0 Å². The lowest BCUT2D eigenvalue weighted by Gasteiger charge is -2.35. The van der Waals surface area contributed by atoms with Crippen molar-refractivity contribution in [2.24, 2.45) is 0 Å². The highest BCUT2D eigenvalue weighted by molar-refractivity contribution is 5.35. The Hall–Kier alpha value is -1.65. The Morgan fingerprint density at radius 2 is 1.46 bits per heavy atom. The minimum Gasteiger partial charge on any atom is -0.493 e. The van der Waals surface area contributed by atoms with Crippen molar-refractivity contribution in [3.63, 3.8) is 0 Å². The standard InChI is InChI=1S/C17H19F9O2/c1-3-4-9-28-12-8-6-5-7-11(12)13(27-2)10-14(18,19)15(20,21)16(22,23)17(24,25)26/h5-8,13H,3-4,9-10H2,1-2H3. The van der Waals surface area contributed by atoms with Gasteiger partial charge in [0.2, 0.25) is 0 Å². The highest BCUT2D eigenvalue weighted by Gasteiger charge is 2.81. The quantitative estimate of drug-likeness (QED) is 0.318. The fraction of sp³-hybridized carbons (Fsp3) is 0.647. The molecule has 0 fully saturated rings. The molecule has 11 heteroatoms. The molecule has 1 atom stereocenters. The predicted octanol–water partition coefficient (Wildman–Crippen LogP) is 6.41. The molecule has 2 nitrogen and oxygen atoms in total. The van der Waals surface area contributed by atoms with Gasteiger partial charge >= 0.3 is 23.9 Å². The lowest BCUT2D eigenvalue weighted by Crippen LogP contribution is -2.61. The van der Waals surface area contributed by atoms with Crippen molar-refractivity contribution in [2.75, 3.05) is 13.7 Å². The molecule has 28 heavy (non-hydrogen) atoms. The van der Waals surface area contributed by atoms with Crippen LogP contribution < -0.4 is 4.74 Å². The summed E-state index contributed by atoms with van der Waals surface area (Å²) in [7, 11) is 0.837. The van der Waals surface area contributed by atoms with Crippen molar-refractivity contribution in [2.45, 2.75) is 56.2 Å². The van der Waals surface area contributed by atoms with Crippen LogP contribution in [0, 0.1) is 0 Å². The number of halogens is 9. The Morgan fingerprint density at radius 3 is 1.96 bits per heavy atom. The molecule has 0 aliphatic carbocycles. The first-order valence-electron chi connectivity index (χ1n) is 8.17. The normalized spacial score (nSPS) is 14.8. The van der Waals surface area contributed by atoms with E-state index in [1.807, 2.05) is 6.92 Å². The van der Waals surface area contributed by atoms with Crippen LogP contribution in [0.3, 0.4) is 0 Å². The topological polar surface area (TPSA) is 18.5 Å². The summed E-state index contributed by atoms with van der Waals surface area (Å²) in [5, 5.41) is 0. The van der Waals surface area contributed by atoms with Gasteiger partial charge < -0.3 is 9.47 Å². The van der Waals surface area contributed by atoms with E-state index in [9.17, 15) is 39.5 Å². The number of hydrogen-bond acceptors (Lipinski definition) is 2. The summed E-state index contributed by atoms with van der Waals surface area (Å²) in [6.07, 6.45) is -9.58. The molecule has 1 aromatic carbocycles. The van der Waals surface area contributed by atoms with Crippen LogP contribution in [-0.4, -0.2) is 37.7 Å². The molecule has 0 aliphatic heterocycles. The van der Waals surface area contributed by atoms with Crippen molar-refractivity contribution in [3.05, 3.63) is 29.8 Å². The van der Waals surface area contributed by atoms with Crippen molar-refractivity contribution >= 4 is 0 Å². The summed E-state index contributed by atoms with van der Waals surface area (Å²) in [6.45, 7) is 2.00. The lowest BCUT2D eigenvalue weighted by molar-refractivity contribution is -0.398. The number of para-hydroxylation sites is 1. The van der Waals surface area contributed by atoms with Gasteiger partial charge in [-0.05, 0) is 12.5 Å². The molecule has 0 radical (unpaired) electrons. The van der Waals surface area contributed by atoms with Crippen molar-refractivity contribution in [1.29, 1.82) is 0 Å². The molecule has 1 aromatic rings. The molecule has 0 heterocycles. The van der Waals surface area contributed by atoms with Crippen molar-refractivity contribution in [3.8, 4) is 5.75 Å². The number of ether oxygens (including phenoxy) is 2. The molecule has 0 bridgehead atoms. The maximum absolute atomic E-state index is 13.9. The lowest BCUT2D eigenvalue weighted by atomic mass is 9.94. The third kappa shape index (κ3) is 4.84. The number of rotatable bonds is 10. The summed E-state index contributed by atoms with van der Waals surface area (Å²) in [6, 6.07) is 5.26. The number of unbranched alkanes of at least 4 members (excludes halogenated alkanes) is 1. The van der Waals surface area contributed by atoms with Crippen LogP contribution in [0.15, 0.2) is 24.3 Å². The zero-order valence-electron chi connectivity index (χ0n) is 14.9. The van der Waals surface area contributed by atoms with Crippen LogP contribution in [0.4, 0.5) is 39.5 Å². The number of hydrogen-bond donors (Lipinski definition) is 0. The van der Waals surface area contributed by atoms with Crippen LogP contribution >= 0.6 is 0 Å². The zero-order chi connectivity index (χ0) is 21.8. The molecular formula is C17H19F9O2. The maximum atomic E-state index is 13.9. The summed E-state index contributed by atoms with van der Waals surface area (Å²) < 4.78 is 128. The maximum Gasteiger partial charge on any atom is 0.460 e. The third-order valence-corrected chi connectivity index (χ3v) is 3.96. The number of methoxy groups -OCH3 is 1. The molecule has 0 saturated carbocycles. The molecule has 1 unspecified atom stereocenters. The van der Waals surface area contributed by atoms with E-state index in [0.717, 1.165) is 13.5 Å². The van der Waals surface area contributed by atoms with Gasteiger partial charge in [0, 0.05) is 19.1 Å². The highest BCUT2D eigenvalue weighted by Crippen LogP contribution is 2.55. The first kappa shape index (κ1) is 24.4. The van der Waals surface area contributed by atoms with Crippen LogP contribution in [0.1, 0.15) is 37.9 Å². The minimum absolute atomic E-state index is 0.0236. The van der Waals surface area contributed by atoms with E-state index in [-0.39, 0.29) is 17.9 Å². The van der Waals surface area contributed by atoms with Gasteiger partial charge in [-0.25, -0.2) is 0 Å². The Kier molecular flexibility index (Phi) is 7.66. The second kappa shape index (κ2) is 8.79. The molecule has 0 aliphatic rings. The average Bonchev–Trinajstić information content (AvgIpc) is 2.59. The van der Waals surface area contributed by atoms with Crippen LogP contribution in [0.5, 0.6) is 5.75 Å². The minimum atomic E-state index is -6.93. The summed E-state index contributed by atoms with van der Waals surface area (Å²) in [4.78, 5) is 0. The second-order valence-electron chi connectivity index (χ2n) is 6.02. The highest BCUT2D eigenvalue weighted by atomic mass is 19.4. The predicted molar refractivity (Wildman–Crippen MR) is 82.1 cm³/mol. The molecule has 0 amide bonds. The average molecular weight is 426 g/mol. The zero-order valence-corrected chi connectivity index (χ0v) is 14.9. The monoisotopic (exact) mass is 426 g/mol. The summed E-state index contributed by atoms with van der Waals surface area (Å²) >= 11 is 0. The van der Waals surface area contributed by atoms with Crippen molar-refractivity contribution in [1.82, 2.24) is 0 Å². The SMILES string of the molecule is CCCCOc1ccccc1C(CC(F)(F)C(F)(F)C(F)(F)C(F)(F)F)OC. The summed E-state index contributed by atoms with van der Waals surface area (Å²) in [5.74, 6) is -19.4. The Balaban J connectivity index is 3.19. The smallest absolute Gasteiger partial charge is 0.460 e. The van der Waals surface area contributed by atoms with E-state index in [4.69, 9.17) is 9.47 Å². The molecule has 0 saturated heterocycles. The van der Waals surface area contributed by atoms with Crippen LogP contribution in [-0.2, 0) is 4.74 Å². The Morgan fingerprint density at radius 1 is 0.893 bits per heavy atom. The molecule has 0 N–H and O–H groups in total. The molecule has 0 spiro atoms. The van der Waals surface area contributed by atoms with Crippen LogP contribution in [0.2, 0.25) is 0 Å². The third-order valence-electron chi connectivity index (χ3n) is 3.96. The first-order chi connectivity index (χ1) is 12.7. The van der Waals surface area contributed by atoms with Gasteiger partial charge in [-0.3, -0.25) is 0 Å². The van der Waals surface area contributed by atoms with E-state index < -0.39 is 36.5 Å².